The zero-order valence-electron chi connectivity index (χ0n) is 10.9. The molecule has 5 heteroatoms. The van der Waals surface area contributed by atoms with E-state index in [9.17, 15) is 0 Å². The number of aromatic nitrogens is 2. The van der Waals surface area contributed by atoms with Gasteiger partial charge >= 0.3 is 0 Å². The van der Waals surface area contributed by atoms with Gasteiger partial charge < -0.3 is 10.3 Å². The summed E-state index contributed by atoms with van der Waals surface area (Å²) in [6, 6.07) is 11.7. The van der Waals surface area contributed by atoms with Crippen molar-refractivity contribution in [2.75, 3.05) is 5.32 Å². The summed E-state index contributed by atoms with van der Waals surface area (Å²) in [4.78, 5) is 7.73. The number of halogens is 2. The Kier molecular flexibility index (Phi) is 3.55. The van der Waals surface area contributed by atoms with E-state index in [2.05, 4.69) is 28.3 Å². The number of benzene rings is 2. The fourth-order valence-electron chi connectivity index (χ4n) is 2.04. The van der Waals surface area contributed by atoms with Gasteiger partial charge in [-0.05, 0) is 42.3 Å². The van der Waals surface area contributed by atoms with Crippen LogP contribution in [-0.2, 0) is 6.54 Å². The molecule has 1 heterocycles. The number of imidazole rings is 1. The lowest BCUT2D eigenvalue weighted by atomic mass is 10.2. The fourth-order valence-corrected chi connectivity index (χ4v) is 2.36. The van der Waals surface area contributed by atoms with Gasteiger partial charge in [0.1, 0.15) is 0 Å². The lowest BCUT2D eigenvalue weighted by molar-refractivity contribution is 1.10. The van der Waals surface area contributed by atoms with Crippen LogP contribution in [0.25, 0.3) is 11.0 Å². The Morgan fingerprint density at radius 3 is 2.75 bits per heavy atom. The van der Waals surface area contributed by atoms with Crippen LogP contribution in [0.4, 0.5) is 5.95 Å². The molecule has 2 N–H and O–H groups in total. The number of hydrogen-bond acceptors (Lipinski definition) is 2. The number of hydrogen-bond donors (Lipinski definition) is 2. The smallest absolute Gasteiger partial charge is 0.201 e. The first-order valence-electron chi connectivity index (χ1n) is 6.26. The Bertz CT molecular complexity index is 765. The maximum atomic E-state index is 5.99. The molecule has 0 radical (unpaired) electrons. The molecule has 0 amide bonds. The highest BCUT2D eigenvalue weighted by atomic mass is 35.5. The summed E-state index contributed by atoms with van der Waals surface area (Å²) in [5.74, 6) is 0.747. The fraction of sp³-hybridized carbons (Fsp3) is 0.133. The lowest BCUT2D eigenvalue weighted by Gasteiger charge is -2.04. The molecule has 0 bridgehead atoms. The van der Waals surface area contributed by atoms with Gasteiger partial charge in [0, 0.05) is 6.54 Å². The van der Waals surface area contributed by atoms with E-state index < -0.39 is 0 Å². The molecule has 0 aliphatic carbocycles. The first-order valence-corrected chi connectivity index (χ1v) is 7.01. The third-order valence-electron chi connectivity index (χ3n) is 3.08. The number of aromatic amines is 1. The van der Waals surface area contributed by atoms with Gasteiger partial charge in [-0.2, -0.15) is 0 Å². The number of rotatable bonds is 3. The minimum atomic E-state index is 0.561. The summed E-state index contributed by atoms with van der Waals surface area (Å²) in [6.07, 6.45) is 0. The van der Waals surface area contributed by atoms with Crippen LogP contribution in [0.3, 0.4) is 0 Å². The molecule has 0 spiro atoms. The van der Waals surface area contributed by atoms with Gasteiger partial charge in [0.2, 0.25) is 5.95 Å². The molecule has 0 atom stereocenters. The van der Waals surface area contributed by atoms with E-state index in [-0.39, 0.29) is 0 Å². The number of nitrogens with one attached hydrogen (secondary N) is 2. The van der Waals surface area contributed by atoms with E-state index in [1.165, 1.54) is 5.56 Å². The van der Waals surface area contributed by atoms with E-state index in [4.69, 9.17) is 23.2 Å². The molecule has 0 saturated heterocycles. The average Bonchev–Trinajstić information content (AvgIpc) is 2.82. The minimum absolute atomic E-state index is 0.561. The molecule has 1 aromatic heterocycles. The maximum absolute atomic E-state index is 5.99. The van der Waals surface area contributed by atoms with Crippen molar-refractivity contribution in [1.82, 2.24) is 9.97 Å². The molecule has 0 unspecified atom stereocenters. The van der Waals surface area contributed by atoms with E-state index in [0.717, 1.165) is 22.5 Å². The van der Waals surface area contributed by atoms with Crippen molar-refractivity contribution < 1.29 is 0 Å². The highest BCUT2D eigenvalue weighted by Gasteiger charge is 2.03. The molecule has 102 valence electrons. The van der Waals surface area contributed by atoms with E-state index in [1.807, 2.05) is 24.3 Å². The topological polar surface area (TPSA) is 40.7 Å². The highest BCUT2D eigenvalue weighted by molar-refractivity contribution is 6.42. The second kappa shape index (κ2) is 5.35. The second-order valence-corrected chi connectivity index (χ2v) is 5.52. The average molecular weight is 306 g/mol. The molecule has 0 saturated carbocycles. The van der Waals surface area contributed by atoms with E-state index in [0.29, 0.717) is 16.6 Å². The lowest BCUT2D eigenvalue weighted by Crippen LogP contribution is -2.00. The standard InChI is InChI=1S/C15H13Cl2N3/c1-9-2-5-13-14(6-9)20-15(19-13)18-8-10-3-4-11(16)12(17)7-10/h2-7H,8H2,1H3,(H2,18,19,20). The molecular weight excluding hydrogens is 293 g/mol. The van der Waals surface area contributed by atoms with Crippen LogP contribution in [0.1, 0.15) is 11.1 Å². The predicted octanol–water partition coefficient (Wildman–Crippen LogP) is 4.79. The van der Waals surface area contributed by atoms with Gasteiger partial charge in [-0.1, -0.05) is 35.3 Å². The highest BCUT2D eigenvalue weighted by Crippen LogP contribution is 2.23. The molecular formula is C15H13Cl2N3. The minimum Gasteiger partial charge on any atom is -0.352 e. The molecule has 0 aliphatic heterocycles. The van der Waals surface area contributed by atoms with Crippen LogP contribution in [0.2, 0.25) is 10.0 Å². The van der Waals surface area contributed by atoms with Crippen LogP contribution >= 0.6 is 23.2 Å². The Balaban J connectivity index is 1.77. The summed E-state index contributed by atoms with van der Waals surface area (Å²) in [5, 5.41) is 4.37. The Morgan fingerprint density at radius 1 is 1.10 bits per heavy atom. The van der Waals surface area contributed by atoms with Gasteiger partial charge in [-0.25, -0.2) is 4.98 Å². The predicted molar refractivity (Wildman–Crippen MR) is 84.6 cm³/mol. The van der Waals surface area contributed by atoms with Crippen molar-refractivity contribution in [3.05, 3.63) is 57.6 Å². The number of fused-ring (bicyclic) bond motifs is 1. The summed E-state index contributed by atoms with van der Waals surface area (Å²) in [5.41, 5.74) is 4.24. The molecule has 0 aliphatic rings. The summed E-state index contributed by atoms with van der Waals surface area (Å²) >= 11 is 11.9. The van der Waals surface area contributed by atoms with Crippen molar-refractivity contribution in [2.45, 2.75) is 13.5 Å². The Morgan fingerprint density at radius 2 is 1.95 bits per heavy atom. The van der Waals surface area contributed by atoms with Crippen molar-refractivity contribution in [1.29, 1.82) is 0 Å². The van der Waals surface area contributed by atoms with Crippen molar-refractivity contribution >= 4 is 40.2 Å². The first kappa shape index (κ1) is 13.3. The second-order valence-electron chi connectivity index (χ2n) is 4.71. The Hall–Kier alpha value is -1.71. The van der Waals surface area contributed by atoms with Crippen LogP contribution < -0.4 is 5.32 Å². The largest absolute Gasteiger partial charge is 0.352 e. The SMILES string of the molecule is Cc1ccc2nc(NCc3ccc(Cl)c(Cl)c3)[nH]c2c1. The Labute approximate surface area is 126 Å². The number of H-pyrrole nitrogens is 1. The third kappa shape index (κ3) is 2.74. The van der Waals surface area contributed by atoms with Gasteiger partial charge in [0.25, 0.3) is 0 Å². The van der Waals surface area contributed by atoms with Crippen LogP contribution in [-0.4, -0.2) is 9.97 Å². The summed E-state index contributed by atoms with van der Waals surface area (Å²) in [6.45, 7) is 2.69. The molecule has 3 nitrogen and oxygen atoms in total. The van der Waals surface area contributed by atoms with Gasteiger partial charge in [-0.3, -0.25) is 0 Å². The van der Waals surface area contributed by atoms with Crippen molar-refractivity contribution in [3.8, 4) is 0 Å². The van der Waals surface area contributed by atoms with Crippen molar-refractivity contribution in [2.24, 2.45) is 0 Å². The number of anilines is 1. The van der Waals surface area contributed by atoms with Crippen LogP contribution in [0, 0.1) is 6.92 Å². The van der Waals surface area contributed by atoms with Gasteiger partial charge in [0.15, 0.2) is 0 Å². The van der Waals surface area contributed by atoms with Gasteiger partial charge in [-0.15, -0.1) is 0 Å². The van der Waals surface area contributed by atoms with Gasteiger partial charge in [0.05, 0.1) is 21.1 Å². The monoisotopic (exact) mass is 305 g/mol. The van der Waals surface area contributed by atoms with E-state index >= 15 is 0 Å². The summed E-state index contributed by atoms with van der Waals surface area (Å²) in [7, 11) is 0. The molecule has 0 fully saturated rings. The maximum Gasteiger partial charge on any atom is 0.201 e. The molecule has 3 aromatic rings. The van der Waals surface area contributed by atoms with Crippen molar-refractivity contribution in [3.63, 3.8) is 0 Å². The molecule has 3 rings (SSSR count). The number of aryl methyl sites for hydroxylation is 1. The zero-order chi connectivity index (χ0) is 14.1. The molecule has 2 aromatic carbocycles. The number of nitrogens with zero attached hydrogens (tertiary/aromatic N) is 1. The van der Waals surface area contributed by atoms with E-state index in [1.54, 1.807) is 6.07 Å². The summed E-state index contributed by atoms with van der Waals surface area (Å²) < 4.78 is 0. The normalized spacial score (nSPS) is 10.9. The molecule has 20 heavy (non-hydrogen) atoms. The van der Waals surface area contributed by atoms with Crippen LogP contribution in [0.15, 0.2) is 36.4 Å². The third-order valence-corrected chi connectivity index (χ3v) is 3.82. The van der Waals surface area contributed by atoms with Crippen LogP contribution in [0.5, 0.6) is 0 Å². The quantitative estimate of drug-likeness (QED) is 0.730. The first-order chi connectivity index (χ1) is 9.61. The zero-order valence-corrected chi connectivity index (χ0v) is 12.4.